The predicted molar refractivity (Wildman–Crippen MR) is 137 cm³/mol. The zero-order chi connectivity index (χ0) is 23.3. The molecule has 0 aliphatic carbocycles. The standard InChI is InChI=1S/C25H21NO4S3/c1-14(2)24(25(27)28)26-33(29,30)17-8-9-18-19-11-16(7-10-21(19)32-23(18)13-17)22-12-15-5-3-4-6-20(15)31-22/h3-14,24,26H,1-2H3,(H,27,28)/t24-/m0/s1. The molecule has 0 spiro atoms. The van der Waals surface area contributed by atoms with Crippen LogP contribution in [0.25, 0.3) is 40.7 Å². The van der Waals surface area contributed by atoms with Crippen molar-refractivity contribution in [2.24, 2.45) is 5.92 Å². The van der Waals surface area contributed by atoms with Gasteiger partial charge >= 0.3 is 5.97 Å². The van der Waals surface area contributed by atoms with Crippen molar-refractivity contribution in [2.45, 2.75) is 24.8 Å². The molecule has 0 radical (unpaired) electrons. The Bertz CT molecular complexity index is 1600. The average Bonchev–Trinajstić information content (AvgIpc) is 3.37. The molecule has 3 aromatic carbocycles. The second-order valence-electron chi connectivity index (χ2n) is 8.30. The molecule has 2 N–H and O–H groups in total. The van der Waals surface area contributed by atoms with Gasteiger partial charge < -0.3 is 5.11 Å². The van der Waals surface area contributed by atoms with Crippen molar-refractivity contribution in [1.82, 2.24) is 4.72 Å². The van der Waals surface area contributed by atoms with Crippen LogP contribution in [0.4, 0.5) is 0 Å². The maximum absolute atomic E-state index is 12.9. The Kier molecular flexibility index (Phi) is 5.49. The fraction of sp³-hybridized carbons (Fsp3) is 0.160. The Morgan fingerprint density at radius 2 is 1.67 bits per heavy atom. The number of rotatable bonds is 6. The van der Waals surface area contributed by atoms with Crippen LogP contribution >= 0.6 is 22.7 Å². The number of hydrogen-bond donors (Lipinski definition) is 2. The van der Waals surface area contributed by atoms with Gasteiger partial charge in [-0.2, -0.15) is 4.72 Å². The van der Waals surface area contributed by atoms with Gasteiger partial charge in [-0.15, -0.1) is 22.7 Å². The molecular formula is C25H21NO4S3. The Hall–Kier alpha value is -2.78. The van der Waals surface area contributed by atoms with E-state index in [2.05, 4.69) is 41.1 Å². The second kappa shape index (κ2) is 8.22. The molecule has 8 heteroatoms. The zero-order valence-corrected chi connectivity index (χ0v) is 20.4. The number of fused-ring (bicyclic) bond motifs is 4. The number of hydrogen-bond acceptors (Lipinski definition) is 5. The van der Waals surface area contributed by atoms with Crippen LogP contribution in [0.3, 0.4) is 0 Å². The Morgan fingerprint density at radius 3 is 2.39 bits per heavy atom. The molecule has 0 bridgehead atoms. The Morgan fingerprint density at radius 1 is 0.879 bits per heavy atom. The first-order valence-electron chi connectivity index (χ1n) is 10.4. The number of nitrogens with one attached hydrogen (secondary N) is 1. The summed E-state index contributed by atoms with van der Waals surface area (Å²) >= 11 is 3.28. The molecular weight excluding hydrogens is 474 g/mol. The summed E-state index contributed by atoms with van der Waals surface area (Å²) in [6.07, 6.45) is 0. The molecule has 2 aromatic heterocycles. The van der Waals surface area contributed by atoms with Gasteiger partial charge in [-0.05, 0) is 53.3 Å². The molecule has 0 unspecified atom stereocenters. The second-order valence-corrected chi connectivity index (χ2v) is 12.2. The molecule has 5 rings (SSSR count). The van der Waals surface area contributed by atoms with E-state index in [4.69, 9.17) is 0 Å². The van der Waals surface area contributed by atoms with E-state index in [-0.39, 0.29) is 10.8 Å². The summed E-state index contributed by atoms with van der Waals surface area (Å²) in [5.74, 6) is -1.57. The summed E-state index contributed by atoms with van der Waals surface area (Å²) in [6, 6.07) is 20.6. The van der Waals surface area contributed by atoms with E-state index >= 15 is 0 Å². The molecule has 0 saturated carbocycles. The Balaban J connectivity index is 1.55. The first-order valence-corrected chi connectivity index (χ1v) is 13.5. The van der Waals surface area contributed by atoms with Crippen molar-refractivity contribution >= 4 is 68.9 Å². The van der Waals surface area contributed by atoms with E-state index in [9.17, 15) is 18.3 Å². The minimum Gasteiger partial charge on any atom is -0.480 e. The largest absolute Gasteiger partial charge is 0.480 e. The van der Waals surface area contributed by atoms with Gasteiger partial charge in [-0.1, -0.05) is 44.2 Å². The van der Waals surface area contributed by atoms with Crippen molar-refractivity contribution in [3.05, 3.63) is 66.7 Å². The fourth-order valence-electron chi connectivity index (χ4n) is 3.91. The molecule has 0 amide bonds. The fourth-order valence-corrected chi connectivity index (χ4v) is 7.53. The maximum atomic E-state index is 12.9. The maximum Gasteiger partial charge on any atom is 0.322 e. The van der Waals surface area contributed by atoms with Crippen LogP contribution in [0.1, 0.15) is 13.8 Å². The van der Waals surface area contributed by atoms with Crippen LogP contribution in [0, 0.1) is 5.92 Å². The number of sulfonamides is 1. The number of carboxylic acids is 1. The summed E-state index contributed by atoms with van der Waals surface area (Å²) in [7, 11) is -3.97. The van der Waals surface area contributed by atoms with E-state index in [0.29, 0.717) is 0 Å². The molecule has 0 aliphatic heterocycles. The number of carboxylic acid groups (broad SMARTS) is 1. The topological polar surface area (TPSA) is 83.5 Å². The van der Waals surface area contributed by atoms with Gasteiger partial charge in [0.1, 0.15) is 6.04 Å². The lowest BCUT2D eigenvalue weighted by Crippen LogP contribution is -2.44. The SMILES string of the molecule is CC(C)[C@H](NS(=O)(=O)c1ccc2c(c1)sc1ccc(-c3cc4ccccc4s3)cc12)C(=O)O. The van der Waals surface area contributed by atoms with Crippen LogP contribution in [0.5, 0.6) is 0 Å². The highest BCUT2D eigenvalue weighted by Crippen LogP contribution is 2.40. The van der Waals surface area contributed by atoms with Gasteiger partial charge in [0.15, 0.2) is 0 Å². The Labute approximate surface area is 199 Å². The minimum atomic E-state index is -3.97. The predicted octanol–water partition coefficient (Wildman–Crippen LogP) is 6.32. The molecule has 0 fully saturated rings. The van der Waals surface area contributed by atoms with Crippen molar-refractivity contribution in [2.75, 3.05) is 0 Å². The molecule has 2 heterocycles. The number of thiophene rings is 2. The number of benzene rings is 3. The summed E-state index contributed by atoms with van der Waals surface area (Å²) in [6.45, 7) is 3.34. The van der Waals surface area contributed by atoms with Crippen LogP contribution in [-0.2, 0) is 14.8 Å². The zero-order valence-electron chi connectivity index (χ0n) is 17.9. The van der Waals surface area contributed by atoms with Crippen LogP contribution in [0.15, 0.2) is 71.6 Å². The highest BCUT2D eigenvalue weighted by atomic mass is 32.2. The van der Waals surface area contributed by atoms with E-state index in [0.717, 1.165) is 25.7 Å². The summed E-state index contributed by atoms with van der Waals surface area (Å²) in [4.78, 5) is 12.7. The smallest absolute Gasteiger partial charge is 0.322 e. The molecule has 0 aliphatic rings. The number of aliphatic carboxylic acids is 1. The van der Waals surface area contributed by atoms with E-state index in [1.807, 2.05) is 18.2 Å². The van der Waals surface area contributed by atoms with Crippen molar-refractivity contribution in [1.29, 1.82) is 0 Å². The normalized spacial score (nSPS) is 13.3. The summed E-state index contributed by atoms with van der Waals surface area (Å²) in [5.41, 5.74) is 1.13. The molecule has 1 atom stereocenters. The van der Waals surface area contributed by atoms with Crippen molar-refractivity contribution in [3.8, 4) is 10.4 Å². The van der Waals surface area contributed by atoms with E-state index in [1.165, 1.54) is 26.3 Å². The molecule has 5 nitrogen and oxygen atoms in total. The van der Waals surface area contributed by atoms with Crippen molar-refractivity contribution in [3.63, 3.8) is 0 Å². The lowest BCUT2D eigenvalue weighted by molar-refractivity contribution is -0.140. The minimum absolute atomic E-state index is 0.0678. The monoisotopic (exact) mass is 495 g/mol. The van der Waals surface area contributed by atoms with Crippen LogP contribution < -0.4 is 4.72 Å². The van der Waals surface area contributed by atoms with Gasteiger partial charge in [0.05, 0.1) is 4.90 Å². The highest BCUT2D eigenvalue weighted by Gasteiger charge is 2.28. The van der Waals surface area contributed by atoms with Gasteiger partial charge in [-0.3, -0.25) is 4.79 Å². The van der Waals surface area contributed by atoms with Crippen molar-refractivity contribution < 1.29 is 18.3 Å². The first-order chi connectivity index (χ1) is 15.7. The first kappa shape index (κ1) is 22.0. The number of carbonyl (C=O) groups is 1. The van der Waals surface area contributed by atoms with Gasteiger partial charge in [0, 0.05) is 29.7 Å². The summed E-state index contributed by atoms with van der Waals surface area (Å²) < 4.78 is 31.2. The molecule has 168 valence electrons. The molecule has 5 aromatic rings. The quantitative estimate of drug-likeness (QED) is 0.289. The van der Waals surface area contributed by atoms with Gasteiger partial charge in [0.2, 0.25) is 10.0 Å². The lowest BCUT2D eigenvalue weighted by Gasteiger charge is -2.18. The third-order valence-electron chi connectivity index (χ3n) is 5.68. The van der Waals surface area contributed by atoms with Crippen LogP contribution in [0.2, 0.25) is 0 Å². The third kappa shape index (κ3) is 4.04. The van der Waals surface area contributed by atoms with Gasteiger partial charge in [0.25, 0.3) is 0 Å². The van der Waals surface area contributed by atoms with Gasteiger partial charge in [-0.25, -0.2) is 8.42 Å². The molecule has 33 heavy (non-hydrogen) atoms. The molecule has 0 saturated heterocycles. The average molecular weight is 496 g/mol. The van der Waals surface area contributed by atoms with E-state index in [1.54, 1.807) is 37.3 Å². The highest BCUT2D eigenvalue weighted by molar-refractivity contribution is 7.89. The summed E-state index contributed by atoms with van der Waals surface area (Å²) in [5, 5.41) is 12.6. The third-order valence-corrected chi connectivity index (χ3v) is 9.42. The van der Waals surface area contributed by atoms with Crippen LogP contribution in [-0.4, -0.2) is 25.5 Å². The lowest BCUT2D eigenvalue weighted by atomic mass is 10.1. The van der Waals surface area contributed by atoms with E-state index < -0.39 is 22.0 Å².